The van der Waals surface area contributed by atoms with Gasteiger partial charge < -0.3 is 5.32 Å². The lowest BCUT2D eigenvalue weighted by Gasteiger charge is -2.35. The average Bonchev–Trinajstić information content (AvgIpc) is 2.50. The summed E-state index contributed by atoms with van der Waals surface area (Å²) in [5.74, 6) is -0.319. The zero-order chi connectivity index (χ0) is 16.2. The fraction of sp³-hybridized carbons (Fsp3) is 0.400. The molecule has 2 N–H and O–H groups in total. The van der Waals surface area contributed by atoms with Gasteiger partial charge in [-0.3, -0.25) is 4.79 Å². The molecule has 0 radical (unpaired) electrons. The number of carbonyl (C=O) groups is 1. The second-order valence-corrected chi connectivity index (χ2v) is 7.96. The zero-order valence-electron chi connectivity index (χ0n) is 12.1. The molecule has 1 aliphatic rings. The lowest BCUT2D eigenvalue weighted by atomic mass is 9.82. The molecule has 0 aliphatic heterocycles. The van der Waals surface area contributed by atoms with Crippen LogP contribution in [0.25, 0.3) is 0 Å². The number of halogens is 1. The third-order valence-electron chi connectivity index (χ3n) is 3.80. The van der Waals surface area contributed by atoms with Crippen LogP contribution in [0.15, 0.2) is 40.7 Å². The highest BCUT2D eigenvalue weighted by Gasteiger charge is 2.42. The van der Waals surface area contributed by atoms with Crippen LogP contribution in [0.4, 0.5) is 5.69 Å². The van der Waals surface area contributed by atoms with Crippen LogP contribution >= 0.6 is 15.9 Å². The maximum atomic E-state index is 12.7. The van der Waals surface area contributed by atoms with E-state index < -0.39 is 15.6 Å². The fourth-order valence-electron chi connectivity index (χ4n) is 2.63. The van der Waals surface area contributed by atoms with E-state index in [1.165, 1.54) is 0 Å². The third kappa shape index (κ3) is 4.18. The summed E-state index contributed by atoms with van der Waals surface area (Å²) in [5, 5.41) is 3.65. The van der Waals surface area contributed by atoms with Crippen molar-refractivity contribution in [2.45, 2.75) is 37.6 Å². The summed E-state index contributed by atoms with van der Waals surface area (Å²) >= 11 is 3.33. The molecule has 1 fully saturated rings. The Morgan fingerprint density at radius 3 is 2.32 bits per heavy atom. The number of amides is 1. The zero-order valence-corrected chi connectivity index (χ0v) is 14.5. The molecule has 0 unspecified atom stereocenters. The first-order valence-electron chi connectivity index (χ1n) is 7.10. The van der Waals surface area contributed by atoms with Gasteiger partial charge in [0.2, 0.25) is 15.9 Å². The number of carbonyl (C=O) groups excluding carboxylic acids is 1. The molecule has 1 aromatic rings. The van der Waals surface area contributed by atoms with Crippen molar-refractivity contribution in [3.05, 3.63) is 40.7 Å². The highest BCUT2D eigenvalue weighted by molar-refractivity contribution is 9.10. The minimum atomic E-state index is -3.68. The standard InChI is InChI=1S/C15H19BrN2O3S/c1-2-22(20,21)18-15(10-4-3-5-11-15)14(19)17-13-8-6-12(16)7-9-13/h2,6-9,18H,1,3-5,10-11H2,(H,17,19). The summed E-state index contributed by atoms with van der Waals surface area (Å²) in [6.45, 7) is 3.29. The van der Waals surface area contributed by atoms with Gasteiger partial charge in [0.15, 0.2) is 0 Å². The number of hydrogen-bond donors (Lipinski definition) is 2. The Bertz CT molecular complexity index is 650. The van der Waals surface area contributed by atoms with Crippen molar-refractivity contribution in [1.29, 1.82) is 0 Å². The molecule has 0 saturated heterocycles. The second-order valence-electron chi connectivity index (χ2n) is 5.42. The van der Waals surface area contributed by atoms with Gasteiger partial charge in [-0.15, -0.1) is 0 Å². The molecule has 120 valence electrons. The van der Waals surface area contributed by atoms with E-state index >= 15 is 0 Å². The van der Waals surface area contributed by atoms with E-state index in [2.05, 4.69) is 32.5 Å². The van der Waals surface area contributed by atoms with Gasteiger partial charge in [0.25, 0.3) is 0 Å². The number of benzene rings is 1. The topological polar surface area (TPSA) is 75.3 Å². The number of anilines is 1. The summed E-state index contributed by atoms with van der Waals surface area (Å²) in [4.78, 5) is 12.7. The molecule has 0 atom stereocenters. The Hall–Kier alpha value is -1.18. The minimum absolute atomic E-state index is 0.319. The van der Waals surface area contributed by atoms with Gasteiger partial charge in [-0.1, -0.05) is 41.8 Å². The Kier molecular flexibility index (Phi) is 5.41. The molecule has 2 rings (SSSR count). The summed E-state index contributed by atoms with van der Waals surface area (Å²) < 4.78 is 27.1. The first-order chi connectivity index (χ1) is 10.4. The first kappa shape index (κ1) is 17.2. The van der Waals surface area contributed by atoms with E-state index in [1.54, 1.807) is 12.1 Å². The van der Waals surface area contributed by atoms with Crippen LogP contribution in [-0.2, 0) is 14.8 Å². The quantitative estimate of drug-likeness (QED) is 0.815. The van der Waals surface area contributed by atoms with Crippen molar-refractivity contribution in [2.24, 2.45) is 0 Å². The van der Waals surface area contributed by atoms with E-state index in [9.17, 15) is 13.2 Å². The van der Waals surface area contributed by atoms with Gasteiger partial charge in [-0.2, -0.15) is 4.72 Å². The monoisotopic (exact) mass is 386 g/mol. The Morgan fingerprint density at radius 2 is 1.77 bits per heavy atom. The molecule has 1 aromatic carbocycles. The first-order valence-corrected chi connectivity index (χ1v) is 9.44. The predicted octanol–water partition coefficient (Wildman–Crippen LogP) is 3.15. The number of nitrogens with one attached hydrogen (secondary N) is 2. The molecule has 1 aliphatic carbocycles. The summed E-state index contributed by atoms with van der Waals surface area (Å²) in [6, 6.07) is 7.16. The summed E-state index contributed by atoms with van der Waals surface area (Å²) in [7, 11) is -3.68. The van der Waals surface area contributed by atoms with Gasteiger partial charge in [0.05, 0.1) is 0 Å². The van der Waals surface area contributed by atoms with E-state index in [0.29, 0.717) is 18.5 Å². The molecule has 0 spiro atoms. The molecular weight excluding hydrogens is 368 g/mol. The molecule has 5 nitrogen and oxygen atoms in total. The summed E-state index contributed by atoms with van der Waals surface area (Å²) in [6.07, 6.45) is 3.61. The largest absolute Gasteiger partial charge is 0.324 e. The van der Waals surface area contributed by atoms with Crippen molar-refractivity contribution < 1.29 is 13.2 Å². The predicted molar refractivity (Wildman–Crippen MR) is 90.8 cm³/mol. The van der Waals surface area contributed by atoms with E-state index in [4.69, 9.17) is 0 Å². The maximum absolute atomic E-state index is 12.7. The molecule has 0 aromatic heterocycles. The van der Waals surface area contributed by atoms with E-state index in [0.717, 1.165) is 29.1 Å². The smallest absolute Gasteiger partial charge is 0.245 e. The second kappa shape index (κ2) is 6.93. The number of hydrogen-bond acceptors (Lipinski definition) is 3. The molecule has 22 heavy (non-hydrogen) atoms. The van der Waals surface area contributed by atoms with Crippen LogP contribution in [0.5, 0.6) is 0 Å². The van der Waals surface area contributed by atoms with Crippen LogP contribution in [0.1, 0.15) is 32.1 Å². The van der Waals surface area contributed by atoms with Crippen LogP contribution in [0.2, 0.25) is 0 Å². The normalized spacial score (nSPS) is 17.7. The van der Waals surface area contributed by atoms with Gasteiger partial charge in [-0.25, -0.2) is 8.42 Å². The molecule has 0 heterocycles. The molecule has 7 heteroatoms. The Labute approximate surface area is 139 Å². The van der Waals surface area contributed by atoms with Crippen molar-refractivity contribution in [3.63, 3.8) is 0 Å². The third-order valence-corrected chi connectivity index (χ3v) is 5.44. The van der Waals surface area contributed by atoms with Crippen LogP contribution in [0.3, 0.4) is 0 Å². The molecule has 1 saturated carbocycles. The average molecular weight is 387 g/mol. The number of rotatable bonds is 5. The van der Waals surface area contributed by atoms with Gasteiger partial charge in [0.1, 0.15) is 5.54 Å². The van der Waals surface area contributed by atoms with Crippen molar-refractivity contribution in [3.8, 4) is 0 Å². The Balaban J connectivity index is 2.22. The van der Waals surface area contributed by atoms with Crippen molar-refractivity contribution in [2.75, 3.05) is 5.32 Å². The SMILES string of the molecule is C=CS(=O)(=O)NC1(C(=O)Nc2ccc(Br)cc2)CCCCC1. The lowest BCUT2D eigenvalue weighted by Crippen LogP contribution is -2.57. The maximum Gasteiger partial charge on any atom is 0.245 e. The summed E-state index contributed by atoms with van der Waals surface area (Å²) in [5.41, 5.74) is -0.464. The van der Waals surface area contributed by atoms with E-state index in [-0.39, 0.29) is 5.91 Å². The molecule has 0 bridgehead atoms. The Morgan fingerprint density at radius 1 is 1.18 bits per heavy atom. The minimum Gasteiger partial charge on any atom is -0.324 e. The number of sulfonamides is 1. The van der Waals surface area contributed by atoms with Crippen LogP contribution in [-0.4, -0.2) is 19.9 Å². The van der Waals surface area contributed by atoms with Gasteiger partial charge in [-0.05, 0) is 37.1 Å². The van der Waals surface area contributed by atoms with Gasteiger partial charge >= 0.3 is 0 Å². The van der Waals surface area contributed by atoms with Crippen molar-refractivity contribution in [1.82, 2.24) is 4.72 Å². The van der Waals surface area contributed by atoms with Crippen LogP contribution in [0, 0.1) is 0 Å². The lowest BCUT2D eigenvalue weighted by molar-refractivity contribution is -0.122. The van der Waals surface area contributed by atoms with Crippen molar-refractivity contribution >= 4 is 37.5 Å². The molecular formula is C15H19BrN2O3S. The van der Waals surface area contributed by atoms with Gasteiger partial charge in [0, 0.05) is 15.6 Å². The highest BCUT2D eigenvalue weighted by Crippen LogP contribution is 2.30. The highest BCUT2D eigenvalue weighted by atomic mass is 79.9. The molecule has 1 amide bonds. The van der Waals surface area contributed by atoms with E-state index in [1.807, 2.05) is 12.1 Å². The van der Waals surface area contributed by atoms with Crippen LogP contribution < -0.4 is 10.0 Å². The fourth-order valence-corrected chi connectivity index (χ4v) is 3.82.